The van der Waals surface area contributed by atoms with Crippen molar-refractivity contribution in [3.05, 3.63) is 48.0 Å². The van der Waals surface area contributed by atoms with Crippen LogP contribution in [0.15, 0.2) is 42.5 Å². The molecule has 0 bridgehead atoms. The lowest BCUT2D eigenvalue weighted by Gasteiger charge is -2.35. The summed E-state index contributed by atoms with van der Waals surface area (Å²) >= 11 is 0. The molecule has 3 rings (SSSR count). The maximum Gasteiger partial charge on any atom is 0.407 e. The number of carbonyl (C=O) groups is 2. The Hall–Kier alpha value is -2.60. The molecule has 150 valence electrons. The number of nitrogens with zero attached hydrogens (tertiary/aromatic N) is 1. The van der Waals surface area contributed by atoms with E-state index in [9.17, 15) is 14.7 Å². The van der Waals surface area contributed by atoms with Crippen LogP contribution in [0.2, 0.25) is 0 Å². The first-order valence-corrected chi connectivity index (χ1v) is 9.57. The van der Waals surface area contributed by atoms with Gasteiger partial charge in [-0.2, -0.15) is 0 Å². The molecule has 2 N–H and O–H groups in total. The Balaban J connectivity index is 2.02. The second-order valence-corrected chi connectivity index (χ2v) is 8.51. The third kappa shape index (κ3) is 4.12. The first-order valence-electron chi connectivity index (χ1n) is 9.57. The molecule has 28 heavy (non-hydrogen) atoms. The van der Waals surface area contributed by atoms with Crippen LogP contribution in [-0.2, 0) is 15.1 Å². The molecular formula is C22H28N2O4. The van der Waals surface area contributed by atoms with Crippen LogP contribution in [0.25, 0.3) is 10.8 Å². The molecule has 0 unspecified atom stereocenters. The summed E-state index contributed by atoms with van der Waals surface area (Å²) in [5, 5.41) is 14.7. The predicted octanol–water partition coefficient (Wildman–Crippen LogP) is 3.74. The van der Waals surface area contributed by atoms with Gasteiger partial charge >= 0.3 is 12.1 Å². The molecule has 2 atom stereocenters. The van der Waals surface area contributed by atoms with Gasteiger partial charge in [0.1, 0.15) is 11.1 Å². The zero-order valence-electron chi connectivity index (χ0n) is 16.9. The van der Waals surface area contributed by atoms with Crippen molar-refractivity contribution in [1.82, 2.24) is 10.2 Å². The highest BCUT2D eigenvalue weighted by Crippen LogP contribution is 2.32. The van der Waals surface area contributed by atoms with Crippen molar-refractivity contribution in [3.8, 4) is 0 Å². The van der Waals surface area contributed by atoms with Crippen molar-refractivity contribution < 1.29 is 19.4 Å². The van der Waals surface area contributed by atoms with E-state index in [1.54, 1.807) is 0 Å². The van der Waals surface area contributed by atoms with E-state index in [0.717, 1.165) is 16.3 Å². The number of benzene rings is 2. The highest BCUT2D eigenvalue weighted by Gasteiger charge is 2.43. The van der Waals surface area contributed by atoms with Crippen LogP contribution < -0.4 is 5.32 Å². The fraction of sp³-hybridized carbons (Fsp3) is 0.455. The molecule has 1 fully saturated rings. The van der Waals surface area contributed by atoms with E-state index in [2.05, 4.69) is 5.32 Å². The van der Waals surface area contributed by atoms with Crippen molar-refractivity contribution in [1.29, 1.82) is 0 Å². The topological polar surface area (TPSA) is 78.9 Å². The van der Waals surface area contributed by atoms with Crippen molar-refractivity contribution >= 4 is 22.8 Å². The van der Waals surface area contributed by atoms with Gasteiger partial charge in [-0.05, 0) is 50.5 Å². The molecule has 0 radical (unpaired) electrons. The molecule has 0 aromatic heterocycles. The lowest BCUT2D eigenvalue weighted by molar-refractivity contribution is -0.163. The number of carboxylic acid groups (broad SMARTS) is 1. The van der Waals surface area contributed by atoms with Crippen molar-refractivity contribution in [2.24, 2.45) is 0 Å². The summed E-state index contributed by atoms with van der Waals surface area (Å²) in [5.74, 6) is -0.370. The van der Waals surface area contributed by atoms with E-state index in [1.807, 2.05) is 70.2 Å². The Morgan fingerprint density at radius 3 is 2.43 bits per heavy atom. The minimum Gasteiger partial charge on any atom is -0.465 e. The lowest BCUT2D eigenvalue weighted by atomic mass is 9.86. The van der Waals surface area contributed by atoms with E-state index in [0.29, 0.717) is 19.5 Å². The number of esters is 1. The molecule has 1 amide bonds. The van der Waals surface area contributed by atoms with E-state index in [4.69, 9.17) is 4.74 Å². The molecule has 1 saturated heterocycles. The summed E-state index contributed by atoms with van der Waals surface area (Å²) in [6.45, 7) is 8.15. The standard InChI is InChI=1S/C22H28N2O4/c1-21(2,3)28-19(25)22(4,23-16-12-13-24(14-16)20(26)27)18-11-7-9-15-8-5-6-10-17(15)18/h5-11,16,23H,12-14H2,1-4H3,(H,26,27)/t16-,22-/m1/s1. The number of fused-ring (bicyclic) bond motifs is 1. The third-order valence-corrected chi connectivity index (χ3v) is 5.09. The maximum atomic E-state index is 13.3. The monoisotopic (exact) mass is 384 g/mol. The number of likely N-dealkylation sites (tertiary alicyclic amines) is 1. The molecule has 2 aromatic carbocycles. The van der Waals surface area contributed by atoms with Gasteiger partial charge in [0.2, 0.25) is 0 Å². The van der Waals surface area contributed by atoms with Crippen LogP contribution in [0.1, 0.15) is 39.7 Å². The summed E-state index contributed by atoms with van der Waals surface area (Å²) < 4.78 is 5.76. The summed E-state index contributed by atoms with van der Waals surface area (Å²) in [4.78, 5) is 26.0. The van der Waals surface area contributed by atoms with E-state index in [-0.39, 0.29) is 12.0 Å². The summed E-state index contributed by atoms with van der Waals surface area (Å²) in [5.41, 5.74) is -0.908. The minimum atomic E-state index is -1.10. The number of rotatable bonds is 4. The van der Waals surface area contributed by atoms with E-state index >= 15 is 0 Å². The number of hydrogen-bond donors (Lipinski definition) is 2. The molecule has 1 aliphatic heterocycles. The SMILES string of the molecule is CC(C)(C)OC(=O)[C@](C)(N[C@@H]1CCN(C(=O)O)C1)c1cccc2ccccc12. The molecular weight excluding hydrogens is 356 g/mol. The number of ether oxygens (including phenoxy) is 1. The van der Waals surface area contributed by atoms with Crippen LogP contribution in [0.4, 0.5) is 4.79 Å². The molecule has 0 aliphatic carbocycles. The molecule has 1 aliphatic rings. The summed E-state index contributed by atoms with van der Waals surface area (Å²) in [6, 6.07) is 13.7. The van der Waals surface area contributed by atoms with Gasteiger partial charge in [-0.3, -0.25) is 5.32 Å². The van der Waals surface area contributed by atoms with Gasteiger partial charge in [0.25, 0.3) is 0 Å². The molecule has 1 heterocycles. The van der Waals surface area contributed by atoms with Gasteiger partial charge in [0.15, 0.2) is 0 Å². The fourth-order valence-electron chi connectivity index (χ4n) is 3.75. The highest BCUT2D eigenvalue weighted by atomic mass is 16.6. The van der Waals surface area contributed by atoms with Gasteiger partial charge in [0.05, 0.1) is 0 Å². The van der Waals surface area contributed by atoms with Crippen LogP contribution in [0.3, 0.4) is 0 Å². The Morgan fingerprint density at radius 2 is 1.79 bits per heavy atom. The average Bonchev–Trinajstić information content (AvgIpc) is 3.08. The lowest BCUT2D eigenvalue weighted by Crippen LogP contribution is -2.54. The summed E-state index contributed by atoms with van der Waals surface area (Å²) in [7, 11) is 0. The predicted molar refractivity (Wildman–Crippen MR) is 108 cm³/mol. The molecule has 6 nitrogen and oxygen atoms in total. The molecule has 6 heteroatoms. The molecule has 0 saturated carbocycles. The quantitative estimate of drug-likeness (QED) is 0.785. The van der Waals surface area contributed by atoms with Gasteiger partial charge in [-0.1, -0.05) is 42.5 Å². The van der Waals surface area contributed by atoms with Crippen molar-refractivity contribution in [2.75, 3.05) is 13.1 Å². The number of amides is 1. The van der Waals surface area contributed by atoms with Gasteiger partial charge in [-0.15, -0.1) is 0 Å². The second-order valence-electron chi connectivity index (χ2n) is 8.51. The van der Waals surface area contributed by atoms with Gasteiger partial charge in [-0.25, -0.2) is 9.59 Å². The Kier molecular flexibility index (Phi) is 5.35. The smallest absolute Gasteiger partial charge is 0.407 e. The average molecular weight is 384 g/mol. The Bertz CT molecular complexity index is 884. The Labute approximate surface area is 165 Å². The van der Waals surface area contributed by atoms with E-state index in [1.165, 1.54) is 4.90 Å². The minimum absolute atomic E-state index is 0.132. The van der Waals surface area contributed by atoms with Crippen LogP contribution >= 0.6 is 0 Å². The van der Waals surface area contributed by atoms with Crippen molar-refractivity contribution in [2.45, 2.75) is 51.3 Å². The molecule has 2 aromatic rings. The number of carbonyl (C=O) groups excluding carboxylic acids is 1. The third-order valence-electron chi connectivity index (χ3n) is 5.09. The Morgan fingerprint density at radius 1 is 1.11 bits per heavy atom. The molecule has 0 spiro atoms. The normalized spacial score (nSPS) is 19.4. The summed E-state index contributed by atoms with van der Waals surface area (Å²) in [6.07, 6.45) is -0.288. The first-order chi connectivity index (χ1) is 13.1. The number of nitrogens with one attached hydrogen (secondary N) is 1. The maximum absolute atomic E-state index is 13.3. The first kappa shape index (κ1) is 20.1. The van der Waals surface area contributed by atoms with E-state index < -0.39 is 17.2 Å². The van der Waals surface area contributed by atoms with Crippen LogP contribution in [0, 0.1) is 0 Å². The van der Waals surface area contributed by atoms with Crippen LogP contribution in [0.5, 0.6) is 0 Å². The zero-order chi connectivity index (χ0) is 20.5. The van der Waals surface area contributed by atoms with Gasteiger partial charge in [0, 0.05) is 19.1 Å². The zero-order valence-corrected chi connectivity index (χ0v) is 16.9. The second kappa shape index (κ2) is 7.43. The van der Waals surface area contributed by atoms with Crippen molar-refractivity contribution in [3.63, 3.8) is 0 Å². The van der Waals surface area contributed by atoms with Crippen LogP contribution in [-0.4, -0.2) is 46.8 Å². The largest absolute Gasteiger partial charge is 0.465 e. The highest BCUT2D eigenvalue weighted by molar-refractivity contribution is 5.93. The number of hydrogen-bond acceptors (Lipinski definition) is 4. The van der Waals surface area contributed by atoms with Gasteiger partial charge < -0.3 is 14.7 Å². The fourth-order valence-corrected chi connectivity index (χ4v) is 3.75.